The fourth-order valence-electron chi connectivity index (χ4n) is 1.68. The number of aromatic nitrogens is 2. The first-order chi connectivity index (χ1) is 11.2. The van der Waals surface area contributed by atoms with Crippen LogP contribution in [0.3, 0.4) is 0 Å². The van der Waals surface area contributed by atoms with Gasteiger partial charge in [0.1, 0.15) is 0 Å². The Bertz CT molecular complexity index is 724. The third-order valence-electron chi connectivity index (χ3n) is 2.75. The summed E-state index contributed by atoms with van der Waals surface area (Å²) in [5, 5.41) is 10.7. The average Bonchev–Trinajstić information content (AvgIpc) is 3.06. The highest BCUT2D eigenvalue weighted by molar-refractivity contribution is 7.99. The molecule has 1 aromatic heterocycles. The summed E-state index contributed by atoms with van der Waals surface area (Å²) < 4.78 is 15.9. The lowest BCUT2D eigenvalue weighted by atomic mass is 10.2. The number of nitrogens with one attached hydrogen (secondary N) is 1. The zero-order valence-electron chi connectivity index (χ0n) is 12.7. The Morgan fingerprint density at radius 2 is 2.13 bits per heavy atom. The summed E-state index contributed by atoms with van der Waals surface area (Å²) in [4.78, 5) is 11.5. The summed E-state index contributed by atoms with van der Waals surface area (Å²) in [5.41, 5.74) is 0.693. The van der Waals surface area contributed by atoms with Crippen LogP contribution in [0.15, 0.2) is 27.8 Å². The van der Waals surface area contributed by atoms with Crippen molar-refractivity contribution in [2.75, 3.05) is 26.5 Å². The van der Waals surface area contributed by atoms with Crippen LogP contribution in [0.5, 0.6) is 11.5 Å². The lowest BCUT2D eigenvalue weighted by molar-refractivity contribution is -0.118. The van der Waals surface area contributed by atoms with Crippen LogP contribution >= 0.6 is 11.8 Å². The van der Waals surface area contributed by atoms with Crippen LogP contribution in [0.4, 0.5) is 0 Å². The van der Waals surface area contributed by atoms with Crippen molar-refractivity contribution >= 4 is 17.7 Å². The third-order valence-corrected chi connectivity index (χ3v) is 3.57. The molecule has 1 aromatic carbocycles. The number of terminal acetylenes is 1. The van der Waals surface area contributed by atoms with Crippen LogP contribution in [0.2, 0.25) is 0 Å². The van der Waals surface area contributed by atoms with E-state index in [0.717, 1.165) is 11.8 Å². The second-order valence-corrected chi connectivity index (χ2v) is 5.14. The standard InChI is InChI=1S/C15H15N3O4S/c1-4-7-16-13(19)9-23-15-18-17-14(22-15)10-5-6-11(20-2)12(8-10)21-3/h1,5-6,8H,7,9H2,2-3H3,(H,16,19). The zero-order valence-corrected chi connectivity index (χ0v) is 13.5. The van der Waals surface area contributed by atoms with Gasteiger partial charge < -0.3 is 19.2 Å². The molecule has 7 nitrogen and oxygen atoms in total. The summed E-state index contributed by atoms with van der Waals surface area (Å²) in [5.74, 6) is 3.78. The van der Waals surface area contributed by atoms with Crippen LogP contribution in [0.1, 0.15) is 0 Å². The minimum Gasteiger partial charge on any atom is -0.493 e. The second kappa shape index (κ2) is 8.10. The predicted molar refractivity (Wildman–Crippen MR) is 85.4 cm³/mol. The summed E-state index contributed by atoms with van der Waals surface area (Å²) in [7, 11) is 3.11. The molecular weight excluding hydrogens is 318 g/mol. The van der Waals surface area contributed by atoms with Gasteiger partial charge in [-0.25, -0.2) is 0 Å². The lowest BCUT2D eigenvalue weighted by Gasteiger charge is -2.07. The molecule has 2 rings (SSSR count). The van der Waals surface area contributed by atoms with E-state index in [0.29, 0.717) is 28.2 Å². The molecule has 1 amide bonds. The van der Waals surface area contributed by atoms with E-state index >= 15 is 0 Å². The van der Waals surface area contributed by atoms with Crippen LogP contribution in [-0.4, -0.2) is 42.6 Å². The molecule has 0 aliphatic rings. The van der Waals surface area contributed by atoms with Crippen molar-refractivity contribution in [3.63, 3.8) is 0 Å². The lowest BCUT2D eigenvalue weighted by Crippen LogP contribution is -2.25. The first-order valence-electron chi connectivity index (χ1n) is 6.56. The fraction of sp³-hybridized carbons (Fsp3) is 0.267. The number of rotatable bonds is 7. The number of hydrogen-bond acceptors (Lipinski definition) is 7. The first-order valence-corrected chi connectivity index (χ1v) is 7.55. The van der Waals surface area contributed by atoms with E-state index in [1.807, 2.05) is 0 Å². The molecule has 0 radical (unpaired) electrons. The normalized spacial score (nSPS) is 9.96. The van der Waals surface area contributed by atoms with Crippen LogP contribution in [0, 0.1) is 12.3 Å². The molecule has 2 aromatic rings. The highest BCUT2D eigenvalue weighted by Gasteiger charge is 2.13. The topological polar surface area (TPSA) is 86.5 Å². The van der Waals surface area contributed by atoms with Crippen LogP contribution in [-0.2, 0) is 4.79 Å². The number of ether oxygens (including phenoxy) is 2. The van der Waals surface area contributed by atoms with Gasteiger partial charge in [0, 0.05) is 5.56 Å². The Kier molecular flexibility index (Phi) is 5.88. The van der Waals surface area contributed by atoms with Crippen molar-refractivity contribution in [3.8, 4) is 35.3 Å². The van der Waals surface area contributed by atoms with E-state index in [1.165, 1.54) is 0 Å². The maximum absolute atomic E-state index is 11.5. The Morgan fingerprint density at radius 1 is 1.35 bits per heavy atom. The second-order valence-electron chi connectivity index (χ2n) is 4.21. The summed E-state index contributed by atoms with van der Waals surface area (Å²) >= 11 is 1.14. The van der Waals surface area contributed by atoms with Gasteiger partial charge >= 0.3 is 0 Å². The molecule has 0 saturated heterocycles. The first kappa shape index (κ1) is 16.7. The van der Waals surface area contributed by atoms with E-state index in [9.17, 15) is 4.79 Å². The van der Waals surface area contributed by atoms with E-state index in [4.69, 9.17) is 20.3 Å². The smallest absolute Gasteiger partial charge is 0.277 e. The van der Waals surface area contributed by atoms with Gasteiger partial charge in [-0.2, -0.15) is 0 Å². The SMILES string of the molecule is C#CCNC(=O)CSc1nnc(-c2ccc(OC)c(OC)c2)o1. The Balaban J connectivity index is 2.04. The Morgan fingerprint density at radius 3 is 2.83 bits per heavy atom. The van der Waals surface area contributed by atoms with E-state index < -0.39 is 0 Å². The van der Waals surface area contributed by atoms with E-state index in [-0.39, 0.29) is 18.2 Å². The number of amides is 1. The number of thioether (sulfide) groups is 1. The highest BCUT2D eigenvalue weighted by atomic mass is 32.2. The molecule has 0 unspecified atom stereocenters. The monoisotopic (exact) mass is 333 g/mol. The molecule has 23 heavy (non-hydrogen) atoms. The van der Waals surface area contributed by atoms with E-state index in [2.05, 4.69) is 21.4 Å². The molecule has 0 spiro atoms. The van der Waals surface area contributed by atoms with Gasteiger partial charge in [0.05, 0.1) is 26.5 Å². The number of carbonyl (C=O) groups excluding carboxylic acids is 1. The van der Waals surface area contributed by atoms with Gasteiger partial charge in [-0.3, -0.25) is 4.79 Å². The largest absolute Gasteiger partial charge is 0.493 e. The number of benzene rings is 1. The third kappa shape index (κ3) is 4.40. The maximum atomic E-state index is 11.5. The quantitative estimate of drug-likeness (QED) is 0.608. The molecule has 0 fully saturated rings. The minimum atomic E-state index is -0.196. The van der Waals surface area contributed by atoms with Gasteiger partial charge in [-0.05, 0) is 18.2 Å². The van der Waals surface area contributed by atoms with Gasteiger partial charge in [0.15, 0.2) is 11.5 Å². The number of nitrogens with zero attached hydrogens (tertiary/aromatic N) is 2. The molecule has 8 heteroatoms. The molecule has 1 heterocycles. The summed E-state index contributed by atoms with van der Waals surface area (Å²) in [6, 6.07) is 5.27. The van der Waals surface area contributed by atoms with Crippen molar-refractivity contribution in [1.82, 2.24) is 15.5 Å². The van der Waals surface area contributed by atoms with Crippen molar-refractivity contribution in [2.45, 2.75) is 5.22 Å². The summed E-state index contributed by atoms with van der Waals surface area (Å²) in [6.45, 7) is 0.195. The Labute approximate surface area is 137 Å². The molecule has 0 aliphatic heterocycles. The molecule has 0 atom stereocenters. The molecule has 0 bridgehead atoms. The van der Waals surface area contributed by atoms with Gasteiger partial charge in [0.25, 0.3) is 5.22 Å². The average molecular weight is 333 g/mol. The molecule has 0 saturated carbocycles. The van der Waals surface area contributed by atoms with E-state index in [1.54, 1.807) is 32.4 Å². The Hall–Kier alpha value is -2.66. The number of carbonyl (C=O) groups is 1. The number of methoxy groups -OCH3 is 2. The summed E-state index contributed by atoms with van der Waals surface area (Å²) in [6.07, 6.45) is 5.06. The van der Waals surface area contributed by atoms with Crippen molar-refractivity contribution in [3.05, 3.63) is 18.2 Å². The highest BCUT2D eigenvalue weighted by Crippen LogP contribution is 2.32. The molecule has 0 aliphatic carbocycles. The van der Waals surface area contributed by atoms with Crippen molar-refractivity contribution < 1.29 is 18.7 Å². The van der Waals surface area contributed by atoms with Crippen molar-refractivity contribution in [1.29, 1.82) is 0 Å². The fourth-order valence-corrected chi connectivity index (χ4v) is 2.27. The van der Waals surface area contributed by atoms with Crippen LogP contribution < -0.4 is 14.8 Å². The minimum absolute atomic E-state index is 0.148. The maximum Gasteiger partial charge on any atom is 0.277 e. The molecular formula is C15H15N3O4S. The van der Waals surface area contributed by atoms with Crippen molar-refractivity contribution in [2.24, 2.45) is 0 Å². The molecule has 120 valence electrons. The van der Waals surface area contributed by atoms with Gasteiger partial charge in [-0.1, -0.05) is 17.7 Å². The predicted octanol–water partition coefficient (Wildman–Crippen LogP) is 1.60. The van der Waals surface area contributed by atoms with Gasteiger partial charge in [-0.15, -0.1) is 16.6 Å². The molecule has 1 N–H and O–H groups in total. The van der Waals surface area contributed by atoms with Gasteiger partial charge in [0.2, 0.25) is 11.8 Å². The van der Waals surface area contributed by atoms with Crippen LogP contribution in [0.25, 0.3) is 11.5 Å². The zero-order chi connectivity index (χ0) is 16.7. The number of hydrogen-bond donors (Lipinski definition) is 1.